The molecule has 5 unspecified atom stereocenters. The van der Waals surface area contributed by atoms with Crippen molar-refractivity contribution in [3.8, 4) is 0 Å². The van der Waals surface area contributed by atoms with Gasteiger partial charge in [0.2, 0.25) is 17.7 Å². The van der Waals surface area contributed by atoms with Crippen LogP contribution in [0.5, 0.6) is 0 Å². The maximum Gasteiger partial charge on any atom is 0.326 e. The lowest BCUT2D eigenvalue weighted by molar-refractivity contribution is -0.143. The molecule has 0 radical (unpaired) electrons. The molecule has 0 aromatic rings. The number of nitrogens with one attached hydrogen (secondary N) is 3. The van der Waals surface area contributed by atoms with Crippen LogP contribution >= 0.6 is 12.6 Å². The monoisotopic (exact) mass is 449 g/mol. The van der Waals surface area contributed by atoms with E-state index in [-0.39, 0.29) is 18.1 Å². The molecule has 0 bridgehead atoms. The van der Waals surface area contributed by atoms with Crippen LogP contribution < -0.4 is 27.4 Å². The molecule has 0 fully saturated rings. The summed E-state index contributed by atoms with van der Waals surface area (Å²) < 4.78 is 0. The molecule has 11 nitrogen and oxygen atoms in total. The number of thiol groups is 1. The number of aliphatic hydroxyl groups is 1. The lowest BCUT2D eigenvalue weighted by atomic mass is 9.97. The molecular weight excluding hydrogens is 414 g/mol. The molecular formula is C18H35N5O6S. The van der Waals surface area contributed by atoms with Gasteiger partial charge >= 0.3 is 5.97 Å². The van der Waals surface area contributed by atoms with E-state index in [4.69, 9.17) is 16.6 Å². The third-order valence-electron chi connectivity index (χ3n) is 4.70. The van der Waals surface area contributed by atoms with Gasteiger partial charge in [-0.1, -0.05) is 20.3 Å². The van der Waals surface area contributed by atoms with E-state index in [1.807, 2.05) is 6.92 Å². The van der Waals surface area contributed by atoms with E-state index < -0.39 is 54.5 Å². The summed E-state index contributed by atoms with van der Waals surface area (Å²) in [6.07, 6.45) is 1.92. The normalized spacial score (nSPS) is 15.9. The lowest BCUT2D eigenvalue weighted by Crippen LogP contribution is -2.59. The van der Waals surface area contributed by atoms with Crippen molar-refractivity contribution in [3.05, 3.63) is 0 Å². The van der Waals surface area contributed by atoms with E-state index in [0.29, 0.717) is 25.8 Å². The molecule has 0 heterocycles. The van der Waals surface area contributed by atoms with Crippen molar-refractivity contribution in [3.63, 3.8) is 0 Å². The van der Waals surface area contributed by atoms with E-state index in [1.54, 1.807) is 6.92 Å². The van der Waals surface area contributed by atoms with Crippen LogP contribution in [-0.2, 0) is 19.2 Å². The van der Waals surface area contributed by atoms with Crippen molar-refractivity contribution in [1.29, 1.82) is 0 Å². The van der Waals surface area contributed by atoms with Crippen molar-refractivity contribution < 1.29 is 29.4 Å². The number of carbonyl (C=O) groups excluding carboxylic acids is 3. The first kappa shape index (κ1) is 28.1. The number of unbranched alkanes of at least 4 members (excludes halogenated alkanes) is 1. The van der Waals surface area contributed by atoms with Gasteiger partial charge in [-0.05, 0) is 31.7 Å². The zero-order chi connectivity index (χ0) is 23.3. The molecule has 0 saturated carbocycles. The SMILES string of the molecule is CCC(C)C(NC(=O)C(CS)NC(=O)C(N)CO)C(=O)NC(CCCCN)C(=O)O. The zero-order valence-corrected chi connectivity index (χ0v) is 18.4. The highest BCUT2D eigenvalue weighted by Gasteiger charge is 2.32. The Morgan fingerprint density at radius 1 is 1.00 bits per heavy atom. The second-order valence-corrected chi connectivity index (χ2v) is 7.45. The Morgan fingerprint density at radius 3 is 2.07 bits per heavy atom. The highest BCUT2D eigenvalue weighted by Crippen LogP contribution is 2.10. The van der Waals surface area contributed by atoms with Gasteiger partial charge in [0.15, 0.2) is 0 Å². The molecule has 0 aromatic heterocycles. The fraction of sp³-hybridized carbons (Fsp3) is 0.778. The first-order valence-corrected chi connectivity index (χ1v) is 10.6. The molecule has 0 rings (SSSR count). The minimum atomic E-state index is -1.20. The van der Waals surface area contributed by atoms with Crippen LogP contribution in [0, 0.1) is 5.92 Å². The first-order valence-electron chi connectivity index (χ1n) is 9.94. The van der Waals surface area contributed by atoms with Gasteiger partial charge in [-0.25, -0.2) is 4.79 Å². The molecule has 3 amide bonds. The first-order chi connectivity index (χ1) is 14.1. The average molecular weight is 450 g/mol. The minimum absolute atomic E-state index is 0.0680. The molecule has 0 aliphatic carbocycles. The number of hydrogen-bond acceptors (Lipinski definition) is 8. The van der Waals surface area contributed by atoms with Gasteiger partial charge in [-0.3, -0.25) is 14.4 Å². The van der Waals surface area contributed by atoms with Crippen molar-refractivity contribution in [1.82, 2.24) is 16.0 Å². The summed E-state index contributed by atoms with van der Waals surface area (Å²) in [5, 5.41) is 25.7. The van der Waals surface area contributed by atoms with Crippen molar-refractivity contribution in [2.75, 3.05) is 18.9 Å². The number of carboxylic acid groups (broad SMARTS) is 1. The van der Waals surface area contributed by atoms with E-state index >= 15 is 0 Å². The number of hydrogen-bond donors (Lipinski definition) is 8. The molecule has 0 aliphatic rings. The van der Waals surface area contributed by atoms with Crippen LogP contribution in [0.1, 0.15) is 39.5 Å². The van der Waals surface area contributed by atoms with Crippen LogP contribution in [0.3, 0.4) is 0 Å². The van der Waals surface area contributed by atoms with Gasteiger partial charge in [0.05, 0.1) is 6.61 Å². The fourth-order valence-electron chi connectivity index (χ4n) is 2.52. The third-order valence-corrected chi connectivity index (χ3v) is 5.07. The Morgan fingerprint density at radius 2 is 1.60 bits per heavy atom. The Labute approximate surface area is 182 Å². The van der Waals surface area contributed by atoms with Gasteiger partial charge in [0, 0.05) is 5.75 Å². The number of aliphatic carboxylic acids is 1. The highest BCUT2D eigenvalue weighted by atomic mass is 32.1. The summed E-state index contributed by atoms with van der Waals surface area (Å²) >= 11 is 4.04. The zero-order valence-electron chi connectivity index (χ0n) is 17.5. The van der Waals surface area contributed by atoms with Crippen LogP contribution in [0.15, 0.2) is 0 Å². The Hall–Kier alpha value is -1.89. The summed E-state index contributed by atoms with van der Waals surface area (Å²) in [6, 6.07) is -4.39. The summed E-state index contributed by atoms with van der Waals surface area (Å²) in [6.45, 7) is 3.39. The van der Waals surface area contributed by atoms with Crippen molar-refractivity contribution >= 4 is 36.3 Å². The standard InChI is InChI=1S/C18H35N5O6S/c1-3-10(2)14(17(27)21-12(18(28)29)6-4-5-7-19)23-16(26)13(9-30)22-15(25)11(20)8-24/h10-14,24,30H,3-9,19-20H2,1-2H3,(H,21,27)(H,22,25)(H,23,26)(H,28,29). The second kappa shape index (κ2) is 15.0. The largest absolute Gasteiger partial charge is 0.480 e. The van der Waals surface area contributed by atoms with Crippen molar-refractivity contribution in [2.24, 2.45) is 17.4 Å². The summed E-state index contributed by atoms with van der Waals surface area (Å²) in [4.78, 5) is 48.6. The molecule has 0 spiro atoms. The predicted octanol–water partition coefficient (Wildman–Crippen LogP) is -2.05. The van der Waals surface area contributed by atoms with E-state index in [9.17, 15) is 24.3 Å². The van der Waals surface area contributed by atoms with Gasteiger partial charge < -0.3 is 37.6 Å². The quantitative estimate of drug-likeness (QED) is 0.103. The molecule has 0 aliphatic heterocycles. The van der Waals surface area contributed by atoms with Crippen molar-refractivity contribution in [2.45, 2.75) is 63.7 Å². The number of carboxylic acids is 1. The topological polar surface area (TPSA) is 197 Å². The van der Waals surface area contributed by atoms with Crippen LogP contribution in [-0.4, -0.2) is 77.0 Å². The maximum atomic E-state index is 12.7. The predicted molar refractivity (Wildman–Crippen MR) is 115 cm³/mol. The molecule has 12 heteroatoms. The van der Waals surface area contributed by atoms with Gasteiger partial charge in [-0.15, -0.1) is 0 Å². The number of amides is 3. The maximum absolute atomic E-state index is 12.7. The Kier molecular flexibility index (Phi) is 14.0. The summed E-state index contributed by atoms with van der Waals surface area (Å²) in [7, 11) is 0. The number of rotatable bonds is 15. The van der Waals surface area contributed by atoms with Crippen LogP contribution in [0.2, 0.25) is 0 Å². The lowest BCUT2D eigenvalue weighted by Gasteiger charge is -2.27. The minimum Gasteiger partial charge on any atom is -0.480 e. The number of aliphatic hydroxyl groups excluding tert-OH is 1. The Balaban J connectivity index is 5.24. The molecule has 0 aromatic carbocycles. The fourth-order valence-corrected chi connectivity index (χ4v) is 2.78. The molecule has 9 N–H and O–H groups in total. The summed E-state index contributed by atoms with van der Waals surface area (Å²) in [5.41, 5.74) is 10.8. The second-order valence-electron chi connectivity index (χ2n) is 7.09. The molecule has 0 saturated heterocycles. The smallest absolute Gasteiger partial charge is 0.326 e. The Bertz CT molecular complexity index is 579. The van der Waals surface area contributed by atoms with Crippen LogP contribution in [0.4, 0.5) is 0 Å². The summed E-state index contributed by atoms with van der Waals surface area (Å²) in [5.74, 6) is -3.58. The van der Waals surface area contributed by atoms with E-state index in [0.717, 1.165) is 0 Å². The van der Waals surface area contributed by atoms with Gasteiger partial charge in [-0.2, -0.15) is 12.6 Å². The van der Waals surface area contributed by atoms with Gasteiger partial charge in [0.25, 0.3) is 0 Å². The molecule has 174 valence electrons. The highest BCUT2D eigenvalue weighted by molar-refractivity contribution is 7.80. The van der Waals surface area contributed by atoms with E-state index in [2.05, 4.69) is 28.6 Å². The van der Waals surface area contributed by atoms with Crippen LogP contribution in [0.25, 0.3) is 0 Å². The molecule has 5 atom stereocenters. The van der Waals surface area contributed by atoms with E-state index in [1.165, 1.54) is 0 Å². The average Bonchev–Trinajstić information content (AvgIpc) is 2.73. The molecule has 30 heavy (non-hydrogen) atoms. The number of nitrogens with two attached hydrogens (primary N) is 2. The van der Waals surface area contributed by atoms with Gasteiger partial charge in [0.1, 0.15) is 24.2 Å². The number of carbonyl (C=O) groups is 4. The third kappa shape index (κ3) is 9.74.